The van der Waals surface area contributed by atoms with E-state index in [1.165, 1.54) is 6.08 Å². The summed E-state index contributed by atoms with van der Waals surface area (Å²) in [5, 5.41) is 15.8. The van der Waals surface area contributed by atoms with Gasteiger partial charge in [0.1, 0.15) is 5.75 Å². The number of amides is 1. The number of hydrogen-bond donors (Lipinski definition) is 1. The number of fused-ring (bicyclic) bond motifs is 3. The lowest BCUT2D eigenvalue weighted by Gasteiger charge is -2.08. The van der Waals surface area contributed by atoms with E-state index in [2.05, 4.69) is 21.5 Å². The van der Waals surface area contributed by atoms with E-state index in [9.17, 15) is 23.7 Å². The number of anilines is 1. The van der Waals surface area contributed by atoms with Gasteiger partial charge in [0.15, 0.2) is 0 Å². The number of aryl methyl sites for hydroxylation is 1. The predicted octanol–water partition coefficient (Wildman–Crippen LogP) is 5.98. The van der Waals surface area contributed by atoms with Crippen molar-refractivity contribution in [2.24, 2.45) is 0 Å². The molecule has 33 heavy (non-hydrogen) atoms. The maximum absolute atomic E-state index is 12.7. The topological polar surface area (TPSA) is 86.4 Å². The number of hydrogen-bond acceptors (Lipinski definition) is 4. The van der Waals surface area contributed by atoms with Crippen LogP contribution in [0.3, 0.4) is 0 Å². The molecule has 0 fully saturated rings. The summed E-state index contributed by atoms with van der Waals surface area (Å²) in [7, 11) is 0. The highest BCUT2D eigenvalue weighted by Gasteiger charge is 2.14. The lowest BCUT2D eigenvalue weighted by atomic mass is 10.1. The van der Waals surface area contributed by atoms with Crippen LogP contribution in [0, 0.1) is 10.1 Å². The molecular formula is C24H19F2N3O4. The Labute approximate surface area is 187 Å². The third kappa shape index (κ3) is 4.52. The van der Waals surface area contributed by atoms with Crippen molar-refractivity contribution < 1.29 is 23.2 Å². The van der Waals surface area contributed by atoms with Crippen molar-refractivity contribution in [3.05, 3.63) is 82.4 Å². The summed E-state index contributed by atoms with van der Waals surface area (Å²) in [5.74, 6) is -0.795. The molecule has 1 heterocycles. The van der Waals surface area contributed by atoms with Crippen LogP contribution in [0.4, 0.5) is 20.2 Å². The summed E-state index contributed by atoms with van der Waals surface area (Å²) in [6, 6.07) is 16.7. The van der Waals surface area contributed by atoms with Crippen molar-refractivity contribution in [1.29, 1.82) is 0 Å². The largest absolute Gasteiger partial charge is 0.434 e. The van der Waals surface area contributed by atoms with Crippen LogP contribution in [-0.2, 0) is 11.3 Å². The molecule has 1 amide bonds. The minimum atomic E-state index is -3.11. The number of alkyl halides is 2. The SMILES string of the molecule is CCn1c2ccccc2c2cc(NC(=O)C=Cc3cc([N+](=O)[O-])ccc3OC(F)F)ccc21. The molecule has 0 radical (unpaired) electrons. The molecule has 1 N–H and O–H groups in total. The fourth-order valence-electron chi connectivity index (χ4n) is 3.80. The normalized spacial score (nSPS) is 11.5. The summed E-state index contributed by atoms with van der Waals surface area (Å²) in [4.78, 5) is 22.8. The van der Waals surface area contributed by atoms with Gasteiger partial charge in [-0.25, -0.2) is 0 Å². The molecule has 0 aliphatic heterocycles. The summed E-state index contributed by atoms with van der Waals surface area (Å²) >= 11 is 0. The monoisotopic (exact) mass is 451 g/mol. The average Bonchev–Trinajstić information content (AvgIpc) is 3.11. The molecule has 3 aromatic carbocycles. The van der Waals surface area contributed by atoms with Crippen LogP contribution >= 0.6 is 0 Å². The quantitative estimate of drug-likeness (QED) is 0.213. The van der Waals surface area contributed by atoms with Crippen LogP contribution in [0.2, 0.25) is 0 Å². The van der Waals surface area contributed by atoms with Crippen molar-refractivity contribution in [3.8, 4) is 5.75 Å². The summed E-state index contributed by atoms with van der Waals surface area (Å²) < 4.78 is 31.9. The molecule has 0 unspecified atom stereocenters. The second-order valence-corrected chi connectivity index (χ2v) is 7.17. The van der Waals surface area contributed by atoms with Gasteiger partial charge in [-0.05, 0) is 43.3 Å². The zero-order valence-corrected chi connectivity index (χ0v) is 17.5. The Morgan fingerprint density at radius 3 is 2.61 bits per heavy atom. The molecule has 0 bridgehead atoms. The van der Waals surface area contributed by atoms with E-state index in [0.29, 0.717) is 5.69 Å². The number of nitrogens with one attached hydrogen (secondary N) is 1. The fourth-order valence-corrected chi connectivity index (χ4v) is 3.80. The summed E-state index contributed by atoms with van der Waals surface area (Å²) in [6.45, 7) is -0.249. The molecule has 0 atom stereocenters. The summed E-state index contributed by atoms with van der Waals surface area (Å²) in [5.41, 5.74) is 2.36. The summed E-state index contributed by atoms with van der Waals surface area (Å²) in [6.07, 6.45) is 2.30. The van der Waals surface area contributed by atoms with Crippen LogP contribution in [0.25, 0.3) is 27.9 Å². The maximum Gasteiger partial charge on any atom is 0.387 e. The highest BCUT2D eigenvalue weighted by molar-refractivity contribution is 6.10. The van der Waals surface area contributed by atoms with E-state index < -0.39 is 17.4 Å². The number of nitro groups is 1. The van der Waals surface area contributed by atoms with Crippen LogP contribution < -0.4 is 10.1 Å². The zero-order valence-electron chi connectivity index (χ0n) is 17.5. The van der Waals surface area contributed by atoms with E-state index in [1.54, 1.807) is 6.07 Å². The smallest absolute Gasteiger partial charge is 0.387 e. The maximum atomic E-state index is 12.7. The first-order valence-corrected chi connectivity index (χ1v) is 10.1. The van der Waals surface area contributed by atoms with Crippen molar-refractivity contribution in [2.45, 2.75) is 20.1 Å². The highest BCUT2D eigenvalue weighted by Crippen LogP contribution is 2.31. The molecule has 0 saturated heterocycles. The highest BCUT2D eigenvalue weighted by atomic mass is 19.3. The van der Waals surface area contributed by atoms with Gasteiger partial charge in [0, 0.05) is 57.8 Å². The molecular weight excluding hydrogens is 432 g/mol. The molecule has 0 saturated carbocycles. The number of ether oxygens (including phenoxy) is 1. The van der Waals surface area contributed by atoms with Crippen LogP contribution in [-0.4, -0.2) is 22.0 Å². The molecule has 0 aliphatic carbocycles. The third-order valence-electron chi connectivity index (χ3n) is 5.19. The van der Waals surface area contributed by atoms with Crippen LogP contribution in [0.5, 0.6) is 5.75 Å². The molecule has 1 aromatic heterocycles. The van der Waals surface area contributed by atoms with Gasteiger partial charge in [-0.15, -0.1) is 0 Å². The van der Waals surface area contributed by atoms with Gasteiger partial charge in [0.25, 0.3) is 5.69 Å². The van der Waals surface area contributed by atoms with Crippen molar-refractivity contribution in [1.82, 2.24) is 4.57 Å². The van der Waals surface area contributed by atoms with Crippen LogP contribution in [0.15, 0.2) is 66.7 Å². The average molecular weight is 451 g/mol. The number of nitro benzene ring substituents is 1. The Morgan fingerprint density at radius 1 is 1.12 bits per heavy atom. The molecule has 168 valence electrons. The van der Waals surface area contributed by atoms with Gasteiger partial charge >= 0.3 is 6.61 Å². The van der Waals surface area contributed by atoms with Gasteiger partial charge in [-0.2, -0.15) is 8.78 Å². The molecule has 4 rings (SSSR count). The number of non-ortho nitro benzene ring substituents is 1. The van der Waals surface area contributed by atoms with E-state index in [0.717, 1.165) is 52.6 Å². The molecule has 4 aromatic rings. The molecule has 7 nitrogen and oxygen atoms in total. The lowest BCUT2D eigenvalue weighted by Crippen LogP contribution is -2.08. The molecule has 9 heteroatoms. The lowest BCUT2D eigenvalue weighted by molar-refractivity contribution is -0.384. The minimum Gasteiger partial charge on any atom is -0.434 e. The van der Waals surface area contributed by atoms with E-state index in [4.69, 9.17) is 0 Å². The Balaban J connectivity index is 1.61. The Kier molecular flexibility index (Phi) is 6.03. The van der Waals surface area contributed by atoms with E-state index in [-0.39, 0.29) is 17.0 Å². The number of carbonyl (C=O) groups is 1. The number of rotatable bonds is 7. The van der Waals surface area contributed by atoms with Gasteiger partial charge in [0.05, 0.1) is 4.92 Å². The number of carbonyl (C=O) groups excluding carboxylic acids is 1. The Hall–Kier alpha value is -4.27. The predicted molar refractivity (Wildman–Crippen MR) is 123 cm³/mol. The van der Waals surface area contributed by atoms with Crippen LogP contribution in [0.1, 0.15) is 12.5 Å². The van der Waals surface area contributed by atoms with Crippen molar-refractivity contribution >= 4 is 45.2 Å². The van der Waals surface area contributed by atoms with E-state index >= 15 is 0 Å². The van der Waals surface area contributed by atoms with Gasteiger partial charge in [-0.1, -0.05) is 18.2 Å². The molecule has 0 aliphatic rings. The number of nitrogens with zero attached hydrogens (tertiary/aromatic N) is 2. The second-order valence-electron chi connectivity index (χ2n) is 7.17. The Bertz CT molecular complexity index is 1400. The van der Waals surface area contributed by atoms with E-state index in [1.807, 2.05) is 36.4 Å². The number of benzene rings is 3. The first-order valence-electron chi connectivity index (χ1n) is 10.1. The molecule has 0 spiro atoms. The fraction of sp³-hybridized carbons (Fsp3) is 0.125. The number of aromatic nitrogens is 1. The van der Waals surface area contributed by atoms with Crippen molar-refractivity contribution in [3.63, 3.8) is 0 Å². The zero-order chi connectivity index (χ0) is 23.5. The van der Waals surface area contributed by atoms with Gasteiger partial charge in [-0.3, -0.25) is 14.9 Å². The first kappa shape index (κ1) is 21.9. The second kappa shape index (κ2) is 9.07. The first-order chi connectivity index (χ1) is 15.9. The standard InChI is InChI=1S/C24H19F2N3O4/c1-2-28-20-6-4-3-5-18(20)19-14-16(8-10-21(19)28)27-23(30)12-7-15-13-17(29(31)32)9-11-22(15)33-24(25)26/h3-14,24H,2H2,1H3,(H,27,30). The number of para-hydroxylation sites is 1. The van der Waals surface area contributed by atoms with Gasteiger partial charge < -0.3 is 14.6 Å². The minimum absolute atomic E-state index is 0.0129. The Morgan fingerprint density at radius 2 is 1.88 bits per heavy atom. The third-order valence-corrected chi connectivity index (χ3v) is 5.19. The van der Waals surface area contributed by atoms with Crippen molar-refractivity contribution in [2.75, 3.05) is 5.32 Å². The number of halogens is 2. The van der Waals surface area contributed by atoms with Gasteiger partial charge in [0.2, 0.25) is 5.91 Å².